The zero-order valence-electron chi connectivity index (χ0n) is 16.8. The first kappa shape index (κ1) is 22.6. The fraction of sp³-hybridized carbons (Fsp3) is 0.318. The third kappa shape index (κ3) is 5.97. The van der Waals surface area contributed by atoms with Crippen LogP contribution in [0.5, 0.6) is 11.5 Å². The third-order valence-electron chi connectivity index (χ3n) is 4.40. The van der Waals surface area contributed by atoms with Gasteiger partial charge in [0, 0.05) is 19.5 Å². The Hall–Kier alpha value is -2.09. The number of para-hydroxylation sites is 1. The first-order valence-electron chi connectivity index (χ1n) is 9.63. The summed E-state index contributed by atoms with van der Waals surface area (Å²) in [5.41, 5.74) is 0.928. The number of rotatable bonds is 8. The molecule has 2 amide bonds. The van der Waals surface area contributed by atoms with E-state index >= 15 is 0 Å². The number of benzene rings is 2. The van der Waals surface area contributed by atoms with Gasteiger partial charge in [0.2, 0.25) is 11.8 Å². The van der Waals surface area contributed by atoms with Gasteiger partial charge in [0.15, 0.2) is 0 Å². The van der Waals surface area contributed by atoms with Crippen LogP contribution in [0.25, 0.3) is 0 Å². The van der Waals surface area contributed by atoms with Crippen molar-refractivity contribution < 1.29 is 14.3 Å². The number of amides is 2. The first-order valence-corrected chi connectivity index (χ1v) is 11.3. The molecule has 0 spiro atoms. The van der Waals surface area contributed by atoms with E-state index in [9.17, 15) is 9.59 Å². The molecule has 1 aliphatic rings. The molecule has 1 aliphatic heterocycles. The molecule has 3 rings (SSSR count). The predicted octanol–water partition coefficient (Wildman–Crippen LogP) is 5.02. The largest absolute Gasteiger partial charge is 0.456 e. The molecule has 0 aromatic heterocycles. The lowest BCUT2D eigenvalue weighted by molar-refractivity contribution is -0.129. The molecule has 1 unspecified atom stereocenters. The quantitative estimate of drug-likeness (QED) is 0.558. The van der Waals surface area contributed by atoms with Gasteiger partial charge < -0.3 is 10.1 Å². The summed E-state index contributed by atoms with van der Waals surface area (Å²) in [6, 6.07) is 14.7. The standard InChI is InChI=1S/C22H23ClN2O3S2/c1-14(2)13-25-21(27)19(30-22(25)29)11-20(26)24-12-15-7-9-16(10-8-15)28-18-6-4-3-5-17(18)23/h3-10,14,19H,11-13H2,1-2H3,(H,24,26). The molecule has 0 aliphatic carbocycles. The lowest BCUT2D eigenvalue weighted by atomic mass is 10.2. The van der Waals surface area contributed by atoms with Crippen molar-refractivity contribution >= 4 is 51.7 Å². The molecular formula is C22H23ClN2O3S2. The number of hydrogen-bond acceptors (Lipinski definition) is 5. The molecule has 1 atom stereocenters. The van der Waals surface area contributed by atoms with Crippen molar-refractivity contribution in [3.63, 3.8) is 0 Å². The van der Waals surface area contributed by atoms with Crippen LogP contribution in [-0.2, 0) is 16.1 Å². The van der Waals surface area contributed by atoms with E-state index in [2.05, 4.69) is 5.32 Å². The van der Waals surface area contributed by atoms with Crippen LogP contribution in [0.1, 0.15) is 25.8 Å². The Labute approximate surface area is 191 Å². The smallest absolute Gasteiger partial charge is 0.242 e. The lowest BCUT2D eigenvalue weighted by Gasteiger charge is -2.17. The summed E-state index contributed by atoms with van der Waals surface area (Å²) in [6.07, 6.45) is 0.117. The van der Waals surface area contributed by atoms with Gasteiger partial charge in [-0.05, 0) is 35.7 Å². The van der Waals surface area contributed by atoms with Gasteiger partial charge in [0.25, 0.3) is 0 Å². The highest BCUT2D eigenvalue weighted by atomic mass is 35.5. The number of nitrogens with zero attached hydrogens (tertiary/aromatic N) is 1. The number of thioether (sulfide) groups is 1. The molecule has 8 heteroatoms. The van der Waals surface area contributed by atoms with E-state index in [-0.39, 0.29) is 18.2 Å². The number of hydrogen-bond donors (Lipinski definition) is 1. The van der Waals surface area contributed by atoms with Crippen LogP contribution in [0.15, 0.2) is 48.5 Å². The van der Waals surface area contributed by atoms with E-state index in [0.29, 0.717) is 39.8 Å². The Morgan fingerprint density at radius 2 is 1.93 bits per heavy atom. The van der Waals surface area contributed by atoms with Gasteiger partial charge in [-0.25, -0.2) is 0 Å². The predicted molar refractivity (Wildman–Crippen MR) is 125 cm³/mol. The number of halogens is 1. The molecule has 2 aromatic carbocycles. The van der Waals surface area contributed by atoms with Crippen LogP contribution in [0.3, 0.4) is 0 Å². The highest BCUT2D eigenvalue weighted by Crippen LogP contribution is 2.30. The van der Waals surface area contributed by atoms with Gasteiger partial charge in [-0.2, -0.15) is 0 Å². The summed E-state index contributed by atoms with van der Waals surface area (Å²) >= 11 is 12.7. The van der Waals surface area contributed by atoms with Gasteiger partial charge in [-0.1, -0.05) is 73.7 Å². The van der Waals surface area contributed by atoms with E-state index in [1.807, 2.05) is 50.2 Å². The average molecular weight is 463 g/mol. The molecule has 158 valence electrons. The van der Waals surface area contributed by atoms with Crippen LogP contribution in [0.2, 0.25) is 5.02 Å². The Morgan fingerprint density at radius 1 is 1.23 bits per heavy atom. The molecule has 0 saturated carbocycles. The molecule has 1 saturated heterocycles. The van der Waals surface area contributed by atoms with Crippen molar-refractivity contribution in [2.24, 2.45) is 5.92 Å². The fourth-order valence-electron chi connectivity index (χ4n) is 2.93. The summed E-state index contributed by atoms with van der Waals surface area (Å²) in [6.45, 7) is 5.03. The van der Waals surface area contributed by atoms with E-state index < -0.39 is 5.25 Å². The highest BCUT2D eigenvalue weighted by Gasteiger charge is 2.38. The first-order chi connectivity index (χ1) is 14.3. The van der Waals surface area contributed by atoms with Crippen molar-refractivity contribution in [2.45, 2.75) is 32.1 Å². The summed E-state index contributed by atoms with van der Waals surface area (Å²) in [5, 5.41) is 2.97. The van der Waals surface area contributed by atoms with Crippen molar-refractivity contribution in [3.8, 4) is 11.5 Å². The maximum Gasteiger partial charge on any atom is 0.242 e. The minimum atomic E-state index is -0.442. The summed E-state index contributed by atoms with van der Waals surface area (Å²) < 4.78 is 6.32. The van der Waals surface area contributed by atoms with Crippen molar-refractivity contribution in [1.82, 2.24) is 10.2 Å². The number of carbonyl (C=O) groups excluding carboxylic acids is 2. The van der Waals surface area contributed by atoms with Crippen LogP contribution in [0, 0.1) is 5.92 Å². The van der Waals surface area contributed by atoms with Crippen molar-refractivity contribution in [2.75, 3.05) is 6.54 Å². The van der Waals surface area contributed by atoms with E-state index in [4.69, 9.17) is 28.6 Å². The Bertz CT molecular complexity index is 934. The zero-order chi connectivity index (χ0) is 21.7. The molecule has 0 bridgehead atoms. The van der Waals surface area contributed by atoms with Crippen molar-refractivity contribution in [3.05, 3.63) is 59.1 Å². The Balaban J connectivity index is 1.49. The maximum atomic E-state index is 12.5. The van der Waals surface area contributed by atoms with Crippen LogP contribution >= 0.6 is 35.6 Å². The highest BCUT2D eigenvalue weighted by molar-refractivity contribution is 8.24. The molecular weight excluding hydrogens is 440 g/mol. The van der Waals surface area contributed by atoms with Gasteiger partial charge in [0.1, 0.15) is 15.8 Å². The van der Waals surface area contributed by atoms with Gasteiger partial charge in [0.05, 0.1) is 10.3 Å². The molecule has 5 nitrogen and oxygen atoms in total. The third-order valence-corrected chi connectivity index (χ3v) is 6.30. The average Bonchev–Trinajstić information content (AvgIpc) is 2.96. The second-order valence-electron chi connectivity index (χ2n) is 7.37. The summed E-state index contributed by atoms with van der Waals surface area (Å²) in [5.74, 6) is 1.32. The molecule has 30 heavy (non-hydrogen) atoms. The fourth-order valence-corrected chi connectivity index (χ4v) is 4.61. The van der Waals surface area contributed by atoms with Crippen LogP contribution in [0.4, 0.5) is 0 Å². The summed E-state index contributed by atoms with van der Waals surface area (Å²) in [4.78, 5) is 26.4. The SMILES string of the molecule is CC(C)CN1C(=O)C(CC(=O)NCc2ccc(Oc3ccccc3Cl)cc2)SC1=S. The molecule has 1 heterocycles. The molecule has 1 N–H and O–H groups in total. The van der Waals surface area contributed by atoms with Gasteiger partial charge >= 0.3 is 0 Å². The Morgan fingerprint density at radius 3 is 2.60 bits per heavy atom. The molecule has 2 aromatic rings. The number of carbonyl (C=O) groups is 2. The normalized spacial score (nSPS) is 16.3. The maximum absolute atomic E-state index is 12.5. The monoisotopic (exact) mass is 462 g/mol. The number of nitrogens with one attached hydrogen (secondary N) is 1. The van der Waals surface area contributed by atoms with E-state index in [0.717, 1.165) is 5.56 Å². The van der Waals surface area contributed by atoms with E-state index in [1.54, 1.807) is 17.0 Å². The minimum absolute atomic E-state index is 0.0741. The van der Waals surface area contributed by atoms with Crippen LogP contribution in [-0.4, -0.2) is 32.8 Å². The van der Waals surface area contributed by atoms with E-state index in [1.165, 1.54) is 11.8 Å². The number of thiocarbonyl (C=S) groups is 1. The minimum Gasteiger partial charge on any atom is -0.456 e. The van der Waals surface area contributed by atoms with Gasteiger partial charge in [-0.3, -0.25) is 14.5 Å². The second kappa shape index (κ2) is 10.3. The van der Waals surface area contributed by atoms with Crippen molar-refractivity contribution in [1.29, 1.82) is 0 Å². The summed E-state index contributed by atoms with van der Waals surface area (Å²) in [7, 11) is 0. The molecule has 0 radical (unpaired) electrons. The zero-order valence-corrected chi connectivity index (χ0v) is 19.2. The Kier molecular flexibility index (Phi) is 7.75. The topological polar surface area (TPSA) is 58.6 Å². The van der Waals surface area contributed by atoms with Gasteiger partial charge in [-0.15, -0.1) is 0 Å². The lowest BCUT2D eigenvalue weighted by Crippen LogP contribution is -2.36. The number of ether oxygens (including phenoxy) is 1. The second-order valence-corrected chi connectivity index (χ2v) is 9.62. The van der Waals surface area contributed by atoms with Crippen LogP contribution < -0.4 is 10.1 Å². The molecule has 1 fully saturated rings.